The van der Waals surface area contributed by atoms with E-state index in [9.17, 15) is 9.59 Å². The number of benzene rings is 2. The van der Waals surface area contributed by atoms with Gasteiger partial charge in [0.15, 0.2) is 6.61 Å². The first-order valence-corrected chi connectivity index (χ1v) is 10.7. The normalized spacial score (nSPS) is 11.7. The van der Waals surface area contributed by atoms with E-state index in [2.05, 4.69) is 21.2 Å². The van der Waals surface area contributed by atoms with Crippen LogP contribution in [0.5, 0.6) is 5.75 Å². The number of amides is 2. The highest BCUT2D eigenvalue weighted by Gasteiger charge is 2.26. The topological polar surface area (TPSA) is 58.6 Å². The lowest BCUT2D eigenvalue weighted by Crippen LogP contribution is -2.49. The number of carbonyl (C=O) groups excluding carboxylic acids is 2. The molecule has 0 radical (unpaired) electrons. The largest absolute Gasteiger partial charge is 0.484 e. The van der Waals surface area contributed by atoms with Gasteiger partial charge in [-0.05, 0) is 62.2 Å². The first-order chi connectivity index (χ1) is 13.7. The third-order valence-corrected chi connectivity index (χ3v) is 5.84. The van der Waals surface area contributed by atoms with E-state index < -0.39 is 6.04 Å². The molecule has 0 aliphatic heterocycles. The number of halogens is 3. The summed E-state index contributed by atoms with van der Waals surface area (Å²) in [5.41, 5.74) is 1.69. The van der Waals surface area contributed by atoms with E-state index in [0.29, 0.717) is 27.9 Å². The average molecular weight is 502 g/mol. The highest BCUT2D eigenvalue weighted by atomic mass is 79.9. The monoisotopic (exact) mass is 500 g/mol. The van der Waals surface area contributed by atoms with Crippen LogP contribution in [0.1, 0.15) is 25.0 Å². The maximum absolute atomic E-state index is 12.9. The predicted molar refractivity (Wildman–Crippen MR) is 120 cm³/mol. The van der Waals surface area contributed by atoms with Crippen LogP contribution in [0.3, 0.4) is 0 Å². The first-order valence-electron chi connectivity index (χ1n) is 9.13. The second-order valence-corrected chi connectivity index (χ2v) is 8.23. The number of carbonyl (C=O) groups is 2. The number of ether oxygens (including phenoxy) is 1. The maximum Gasteiger partial charge on any atom is 0.261 e. The van der Waals surface area contributed by atoms with Crippen LogP contribution < -0.4 is 10.1 Å². The minimum atomic E-state index is -0.690. The van der Waals surface area contributed by atoms with Gasteiger partial charge in [0.05, 0.1) is 0 Å². The van der Waals surface area contributed by atoms with Crippen molar-refractivity contribution in [2.24, 2.45) is 0 Å². The molecule has 0 heterocycles. The molecule has 0 aliphatic carbocycles. The lowest BCUT2D eigenvalue weighted by atomic mass is 10.1. The van der Waals surface area contributed by atoms with E-state index in [1.807, 2.05) is 26.0 Å². The molecule has 0 bridgehead atoms. The van der Waals surface area contributed by atoms with Crippen molar-refractivity contribution < 1.29 is 14.3 Å². The molecule has 1 N–H and O–H groups in total. The van der Waals surface area contributed by atoms with Crippen molar-refractivity contribution in [3.63, 3.8) is 0 Å². The van der Waals surface area contributed by atoms with Crippen LogP contribution >= 0.6 is 39.1 Å². The Labute approximate surface area is 189 Å². The molecular weight excluding hydrogens is 479 g/mol. The molecular formula is C21H23BrCl2N2O3. The second-order valence-electron chi connectivity index (χ2n) is 6.53. The summed E-state index contributed by atoms with van der Waals surface area (Å²) < 4.78 is 6.62. The molecule has 2 aromatic rings. The molecule has 0 spiro atoms. The average Bonchev–Trinajstić information content (AvgIpc) is 2.67. The minimum Gasteiger partial charge on any atom is -0.484 e. The predicted octanol–water partition coefficient (Wildman–Crippen LogP) is 5.00. The molecule has 2 aromatic carbocycles. The zero-order valence-electron chi connectivity index (χ0n) is 16.5. The molecule has 2 amide bonds. The fourth-order valence-corrected chi connectivity index (χ4v) is 3.39. The Hall–Kier alpha value is -1.76. The Balaban J connectivity index is 2.19. The van der Waals surface area contributed by atoms with Crippen molar-refractivity contribution in [3.05, 3.63) is 62.0 Å². The zero-order chi connectivity index (χ0) is 21.6. The molecule has 8 heteroatoms. The summed E-state index contributed by atoms with van der Waals surface area (Å²) >= 11 is 15.7. The Morgan fingerprint density at radius 2 is 1.93 bits per heavy atom. The van der Waals surface area contributed by atoms with E-state index >= 15 is 0 Å². The number of nitrogens with zero attached hydrogens (tertiary/aromatic N) is 1. The van der Waals surface area contributed by atoms with E-state index in [-0.39, 0.29) is 25.0 Å². The summed E-state index contributed by atoms with van der Waals surface area (Å²) in [6, 6.07) is 9.83. The molecule has 0 unspecified atom stereocenters. The van der Waals surface area contributed by atoms with Gasteiger partial charge in [0.1, 0.15) is 11.8 Å². The van der Waals surface area contributed by atoms with Crippen molar-refractivity contribution in [1.82, 2.24) is 10.2 Å². The highest BCUT2D eigenvalue weighted by molar-refractivity contribution is 9.10. The van der Waals surface area contributed by atoms with Gasteiger partial charge in [-0.2, -0.15) is 0 Å². The molecule has 5 nitrogen and oxygen atoms in total. The van der Waals surface area contributed by atoms with E-state index in [1.165, 1.54) is 4.90 Å². The molecule has 2 rings (SSSR count). The number of hydrogen-bond acceptors (Lipinski definition) is 3. The van der Waals surface area contributed by atoms with Crippen molar-refractivity contribution in [1.29, 1.82) is 0 Å². The Bertz CT molecular complexity index is 892. The number of likely N-dealkylation sites (N-methyl/N-ethyl adjacent to an activating group) is 1. The van der Waals surface area contributed by atoms with Gasteiger partial charge < -0.3 is 15.0 Å². The van der Waals surface area contributed by atoms with Crippen LogP contribution in [0.25, 0.3) is 0 Å². The fraction of sp³-hybridized carbons (Fsp3) is 0.333. The van der Waals surface area contributed by atoms with Crippen molar-refractivity contribution in [3.8, 4) is 5.75 Å². The number of nitrogens with one attached hydrogen (secondary N) is 1. The lowest BCUT2D eigenvalue weighted by Gasteiger charge is -2.29. The van der Waals surface area contributed by atoms with Gasteiger partial charge in [0, 0.05) is 27.6 Å². The summed E-state index contributed by atoms with van der Waals surface area (Å²) in [4.78, 5) is 26.8. The van der Waals surface area contributed by atoms with E-state index in [4.69, 9.17) is 27.9 Å². The van der Waals surface area contributed by atoms with Gasteiger partial charge in [-0.15, -0.1) is 0 Å². The highest BCUT2D eigenvalue weighted by Crippen LogP contribution is 2.24. The number of rotatable bonds is 8. The van der Waals surface area contributed by atoms with Crippen LogP contribution in [0, 0.1) is 6.92 Å². The number of hydrogen-bond donors (Lipinski definition) is 1. The standard InChI is InChI=1S/C21H23BrCl2N2O3/c1-4-25-21(28)14(3)26(11-15-5-6-16(23)10-19(15)24)20(27)12-29-17-7-8-18(22)13(2)9-17/h5-10,14H,4,11-12H2,1-3H3,(H,25,28)/t14-/m1/s1. The summed E-state index contributed by atoms with van der Waals surface area (Å²) in [7, 11) is 0. The lowest BCUT2D eigenvalue weighted by molar-refractivity contribution is -0.142. The van der Waals surface area contributed by atoms with Crippen molar-refractivity contribution >= 4 is 50.9 Å². The van der Waals surface area contributed by atoms with Crippen LogP contribution in [0.15, 0.2) is 40.9 Å². The Morgan fingerprint density at radius 1 is 1.21 bits per heavy atom. The molecule has 0 saturated carbocycles. The van der Waals surface area contributed by atoms with Crippen molar-refractivity contribution in [2.75, 3.05) is 13.2 Å². The van der Waals surface area contributed by atoms with Crippen LogP contribution in [-0.2, 0) is 16.1 Å². The molecule has 0 aliphatic rings. The van der Waals surface area contributed by atoms with Gasteiger partial charge >= 0.3 is 0 Å². The van der Waals surface area contributed by atoms with Crippen molar-refractivity contribution in [2.45, 2.75) is 33.4 Å². The molecule has 29 heavy (non-hydrogen) atoms. The van der Waals surface area contributed by atoms with Gasteiger partial charge in [0.2, 0.25) is 5.91 Å². The van der Waals surface area contributed by atoms with E-state index in [1.54, 1.807) is 31.2 Å². The van der Waals surface area contributed by atoms with Gasteiger partial charge in [-0.3, -0.25) is 9.59 Å². The maximum atomic E-state index is 12.9. The molecule has 0 aromatic heterocycles. The summed E-state index contributed by atoms with van der Waals surface area (Å²) in [6.45, 7) is 5.88. The SMILES string of the molecule is CCNC(=O)[C@@H](C)N(Cc1ccc(Cl)cc1Cl)C(=O)COc1ccc(Br)c(C)c1. The smallest absolute Gasteiger partial charge is 0.261 e. The molecule has 0 fully saturated rings. The van der Waals surface area contributed by atoms with Gasteiger partial charge in [-0.1, -0.05) is 45.2 Å². The Morgan fingerprint density at radius 3 is 2.55 bits per heavy atom. The third kappa shape index (κ3) is 6.63. The van der Waals surface area contributed by atoms with Gasteiger partial charge in [0.25, 0.3) is 5.91 Å². The summed E-state index contributed by atoms with van der Waals surface area (Å²) in [6.07, 6.45) is 0. The molecule has 1 atom stereocenters. The molecule has 0 saturated heterocycles. The van der Waals surface area contributed by atoms with Gasteiger partial charge in [-0.25, -0.2) is 0 Å². The summed E-state index contributed by atoms with van der Waals surface area (Å²) in [5, 5.41) is 3.68. The summed E-state index contributed by atoms with van der Waals surface area (Å²) in [5.74, 6) is 0.00921. The Kier molecular flexibility index (Phi) is 8.80. The van der Waals surface area contributed by atoms with Crippen LogP contribution in [0.4, 0.5) is 0 Å². The minimum absolute atomic E-state index is 0.163. The van der Waals surface area contributed by atoms with Crippen LogP contribution in [-0.4, -0.2) is 35.9 Å². The van der Waals surface area contributed by atoms with E-state index in [0.717, 1.165) is 10.0 Å². The third-order valence-electron chi connectivity index (χ3n) is 4.37. The zero-order valence-corrected chi connectivity index (χ0v) is 19.6. The fourth-order valence-electron chi connectivity index (χ4n) is 2.67. The second kappa shape index (κ2) is 10.9. The quantitative estimate of drug-likeness (QED) is 0.553. The molecule has 156 valence electrons. The van der Waals surface area contributed by atoms with Crippen LogP contribution in [0.2, 0.25) is 10.0 Å². The number of aryl methyl sites for hydroxylation is 1. The first kappa shape index (κ1) is 23.5.